The summed E-state index contributed by atoms with van der Waals surface area (Å²) in [6, 6.07) is 12.2. The number of carbonyl (C=O) groups is 3. The first-order valence-electron chi connectivity index (χ1n) is 8.35. The van der Waals surface area contributed by atoms with Crippen LogP contribution in [0.2, 0.25) is 10.0 Å². The number of carbonyl (C=O) groups excluding carboxylic acids is 3. The lowest BCUT2D eigenvalue weighted by Crippen LogP contribution is -2.46. The number of nitrogens with zero attached hydrogens (tertiary/aromatic N) is 1. The molecule has 28 heavy (non-hydrogen) atoms. The van der Waals surface area contributed by atoms with E-state index in [1.165, 1.54) is 11.9 Å². The third kappa shape index (κ3) is 5.69. The van der Waals surface area contributed by atoms with E-state index in [2.05, 4.69) is 16.0 Å². The van der Waals surface area contributed by atoms with Crippen LogP contribution in [0.4, 0.5) is 10.5 Å². The number of hydrogen-bond donors (Lipinski definition) is 3. The molecule has 0 bridgehead atoms. The molecule has 0 fully saturated rings. The van der Waals surface area contributed by atoms with Crippen molar-refractivity contribution in [2.24, 2.45) is 0 Å². The maximum absolute atomic E-state index is 12.6. The summed E-state index contributed by atoms with van der Waals surface area (Å²) in [5, 5.41) is 7.84. The third-order valence-electron chi connectivity index (χ3n) is 3.89. The van der Waals surface area contributed by atoms with E-state index in [0.29, 0.717) is 21.3 Å². The number of amides is 4. The van der Waals surface area contributed by atoms with Crippen LogP contribution in [0.1, 0.15) is 11.6 Å². The zero-order valence-electron chi connectivity index (χ0n) is 15.3. The molecule has 9 heteroatoms. The lowest BCUT2D eigenvalue weighted by molar-refractivity contribution is -0.126. The van der Waals surface area contributed by atoms with Gasteiger partial charge in [0.05, 0.1) is 22.3 Å². The smallest absolute Gasteiger partial charge is 0.321 e. The van der Waals surface area contributed by atoms with Crippen molar-refractivity contribution in [3.8, 4) is 0 Å². The fourth-order valence-electron chi connectivity index (χ4n) is 2.60. The summed E-state index contributed by atoms with van der Waals surface area (Å²) in [5.74, 6) is -0.970. The second-order valence-corrected chi connectivity index (χ2v) is 6.76. The van der Waals surface area contributed by atoms with Gasteiger partial charge in [0.15, 0.2) is 0 Å². The molecule has 0 aromatic heterocycles. The van der Waals surface area contributed by atoms with Gasteiger partial charge in [-0.3, -0.25) is 19.8 Å². The van der Waals surface area contributed by atoms with Gasteiger partial charge in [-0.1, -0.05) is 59.6 Å². The predicted molar refractivity (Wildman–Crippen MR) is 110 cm³/mol. The highest BCUT2D eigenvalue weighted by Crippen LogP contribution is 2.30. The Kier molecular flexibility index (Phi) is 7.80. The molecule has 2 aromatic carbocycles. The molecule has 148 valence electrons. The van der Waals surface area contributed by atoms with Crippen molar-refractivity contribution in [3.63, 3.8) is 0 Å². The summed E-state index contributed by atoms with van der Waals surface area (Å²) in [4.78, 5) is 38.2. The largest absolute Gasteiger partial charge is 0.341 e. The van der Waals surface area contributed by atoms with E-state index in [4.69, 9.17) is 23.2 Å². The highest BCUT2D eigenvalue weighted by atomic mass is 35.5. The molecule has 0 aliphatic carbocycles. The molecule has 0 heterocycles. The Morgan fingerprint density at radius 2 is 1.61 bits per heavy atom. The van der Waals surface area contributed by atoms with E-state index in [1.54, 1.807) is 49.5 Å². The Labute approximate surface area is 173 Å². The normalized spacial score (nSPS) is 11.6. The summed E-state index contributed by atoms with van der Waals surface area (Å²) < 4.78 is 0. The summed E-state index contributed by atoms with van der Waals surface area (Å²) in [7, 11) is 3.01. The first kappa shape index (κ1) is 21.7. The topological polar surface area (TPSA) is 90.5 Å². The fraction of sp³-hybridized carbons (Fsp3) is 0.211. The highest BCUT2D eigenvalue weighted by molar-refractivity contribution is 6.39. The quantitative estimate of drug-likeness (QED) is 0.666. The average molecular weight is 423 g/mol. The Hall–Kier alpha value is -2.61. The van der Waals surface area contributed by atoms with Crippen molar-refractivity contribution in [3.05, 3.63) is 64.1 Å². The Morgan fingerprint density at radius 3 is 2.18 bits per heavy atom. The SMILES string of the molecule is CNC(=O)NC(=O)C(c1ccccc1)N(C)CC(=O)Nc1c(Cl)cccc1Cl. The second-order valence-electron chi connectivity index (χ2n) is 5.94. The molecule has 2 rings (SSSR count). The van der Waals surface area contributed by atoms with Crippen LogP contribution in [-0.2, 0) is 9.59 Å². The van der Waals surface area contributed by atoms with Gasteiger partial charge in [0.25, 0.3) is 0 Å². The number of likely N-dealkylation sites (N-methyl/N-ethyl adjacent to an activating group) is 1. The molecule has 7 nitrogen and oxygen atoms in total. The minimum absolute atomic E-state index is 0.137. The first-order chi connectivity index (χ1) is 13.3. The standard InChI is InChI=1S/C19H20Cl2N4O3/c1-22-19(28)24-18(27)17(12-7-4-3-5-8-12)25(2)11-15(26)23-16-13(20)9-6-10-14(16)21/h3-10,17H,11H2,1-2H3,(H,23,26)(H2,22,24,27,28). The van der Waals surface area contributed by atoms with Crippen molar-refractivity contribution < 1.29 is 14.4 Å². The molecule has 0 aliphatic heterocycles. The van der Waals surface area contributed by atoms with Crippen LogP contribution in [0.25, 0.3) is 0 Å². The van der Waals surface area contributed by atoms with E-state index in [9.17, 15) is 14.4 Å². The fourth-order valence-corrected chi connectivity index (χ4v) is 3.09. The third-order valence-corrected chi connectivity index (χ3v) is 4.52. The van der Waals surface area contributed by atoms with Gasteiger partial charge in [-0.05, 0) is 24.7 Å². The molecule has 1 unspecified atom stereocenters. The number of nitrogens with one attached hydrogen (secondary N) is 3. The van der Waals surface area contributed by atoms with Gasteiger partial charge in [0.2, 0.25) is 11.8 Å². The molecule has 4 amide bonds. The van der Waals surface area contributed by atoms with Gasteiger partial charge < -0.3 is 10.6 Å². The van der Waals surface area contributed by atoms with Crippen molar-refractivity contribution in [2.45, 2.75) is 6.04 Å². The number of rotatable bonds is 6. The monoisotopic (exact) mass is 422 g/mol. The molecule has 0 saturated carbocycles. The summed E-state index contributed by atoms with van der Waals surface area (Å²) in [6.45, 7) is -0.137. The summed E-state index contributed by atoms with van der Waals surface area (Å²) in [5.41, 5.74) is 0.935. The number of hydrogen-bond acceptors (Lipinski definition) is 4. The van der Waals surface area contributed by atoms with Gasteiger partial charge in [0, 0.05) is 7.05 Å². The Morgan fingerprint density at radius 1 is 1.00 bits per heavy atom. The lowest BCUT2D eigenvalue weighted by atomic mass is 10.0. The molecule has 0 spiro atoms. The number of para-hydroxylation sites is 1. The van der Waals surface area contributed by atoms with Crippen LogP contribution in [0, 0.1) is 0 Å². The molecule has 1 atom stereocenters. The van der Waals surface area contributed by atoms with Crippen molar-refractivity contribution in [1.82, 2.24) is 15.5 Å². The molecule has 2 aromatic rings. The Balaban J connectivity index is 2.17. The van der Waals surface area contributed by atoms with Gasteiger partial charge in [-0.25, -0.2) is 4.79 Å². The van der Waals surface area contributed by atoms with Crippen molar-refractivity contribution in [1.29, 1.82) is 0 Å². The maximum atomic E-state index is 12.6. The van der Waals surface area contributed by atoms with Crippen LogP contribution < -0.4 is 16.0 Å². The highest BCUT2D eigenvalue weighted by Gasteiger charge is 2.28. The number of anilines is 1. The maximum Gasteiger partial charge on any atom is 0.321 e. The van der Waals surface area contributed by atoms with Gasteiger partial charge >= 0.3 is 6.03 Å². The zero-order chi connectivity index (χ0) is 20.7. The number of imide groups is 1. The summed E-state index contributed by atoms with van der Waals surface area (Å²) >= 11 is 12.1. The first-order valence-corrected chi connectivity index (χ1v) is 9.10. The molecule has 3 N–H and O–H groups in total. The van der Waals surface area contributed by atoms with E-state index in [-0.39, 0.29) is 6.54 Å². The second kappa shape index (κ2) is 10.1. The number of benzene rings is 2. The van der Waals surface area contributed by atoms with E-state index in [1.807, 2.05) is 6.07 Å². The molecular weight excluding hydrogens is 403 g/mol. The van der Waals surface area contributed by atoms with Crippen molar-refractivity contribution in [2.75, 3.05) is 26.0 Å². The lowest BCUT2D eigenvalue weighted by Gasteiger charge is -2.26. The van der Waals surface area contributed by atoms with Crippen LogP contribution in [0.5, 0.6) is 0 Å². The number of halogens is 2. The van der Waals surface area contributed by atoms with Gasteiger partial charge in [0.1, 0.15) is 6.04 Å². The van der Waals surface area contributed by atoms with Gasteiger partial charge in [-0.2, -0.15) is 0 Å². The van der Waals surface area contributed by atoms with E-state index < -0.39 is 23.9 Å². The summed E-state index contributed by atoms with van der Waals surface area (Å²) in [6.07, 6.45) is 0. The average Bonchev–Trinajstić information content (AvgIpc) is 2.65. The number of urea groups is 1. The van der Waals surface area contributed by atoms with E-state index in [0.717, 1.165) is 0 Å². The van der Waals surface area contributed by atoms with Crippen LogP contribution in [-0.4, -0.2) is 43.4 Å². The zero-order valence-corrected chi connectivity index (χ0v) is 16.8. The van der Waals surface area contributed by atoms with Crippen LogP contribution in [0.3, 0.4) is 0 Å². The molecule has 0 saturated heterocycles. The molecule has 0 radical (unpaired) electrons. The minimum atomic E-state index is -0.856. The predicted octanol–water partition coefficient (Wildman–Crippen LogP) is 3.06. The Bertz CT molecular complexity index is 841. The van der Waals surface area contributed by atoms with Crippen molar-refractivity contribution >= 4 is 46.7 Å². The van der Waals surface area contributed by atoms with Gasteiger partial charge in [-0.15, -0.1) is 0 Å². The van der Waals surface area contributed by atoms with Crippen LogP contribution >= 0.6 is 23.2 Å². The molecular formula is C19H20Cl2N4O3. The molecule has 0 aliphatic rings. The van der Waals surface area contributed by atoms with E-state index >= 15 is 0 Å². The minimum Gasteiger partial charge on any atom is -0.341 e. The van der Waals surface area contributed by atoms with Crippen LogP contribution in [0.15, 0.2) is 48.5 Å².